The van der Waals surface area contributed by atoms with Crippen LogP contribution in [0.15, 0.2) is 27.3 Å². The molecule has 4 rings (SSSR count). The number of rotatable bonds is 5. The van der Waals surface area contributed by atoms with Crippen molar-refractivity contribution in [2.45, 2.75) is 45.2 Å². The molecule has 3 heterocycles. The summed E-state index contributed by atoms with van der Waals surface area (Å²) < 4.78 is 10.7. The van der Waals surface area contributed by atoms with Crippen LogP contribution in [0.3, 0.4) is 0 Å². The molecule has 1 atom stereocenters. The van der Waals surface area contributed by atoms with E-state index in [-0.39, 0.29) is 0 Å². The van der Waals surface area contributed by atoms with Gasteiger partial charge in [-0.05, 0) is 44.9 Å². The Morgan fingerprint density at radius 3 is 3.08 bits per heavy atom. The van der Waals surface area contributed by atoms with Crippen molar-refractivity contribution in [3.05, 3.63) is 39.9 Å². The molecule has 0 saturated carbocycles. The molecule has 3 aromatic heterocycles. The summed E-state index contributed by atoms with van der Waals surface area (Å²) >= 11 is 1.85. The minimum Gasteiger partial charge on any atom is -0.461 e. The lowest BCUT2D eigenvalue weighted by Crippen LogP contribution is -2.26. The van der Waals surface area contributed by atoms with E-state index in [0.29, 0.717) is 30.1 Å². The molecule has 0 bridgehead atoms. The van der Waals surface area contributed by atoms with E-state index < -0.39 is 0 Å². The van der Waals surface area contributed by atoms with Crippen molar-refractivity contribution in [3.63, 3.8) is 0 Å². The maximum absolute atomic E-state index is 5.39. The van der Waals surface area contributed by atoms with E-state index in [2.05, 4.69) is 29.0 Å². The lowest BCUT2D eigenvalue weighted by atomic mass is 9.97. The molecule has 0 aliphatic heterocycles. The van der Waals surface area contributed by atoms with Gasteiger partial charge in [0.1, 0.15) is 0 Å². The van der Waals surface area contributed by atoms with Gasteiger partial charge in [-0.2, -0.15) is 4.98 Å². The quantitative estimate of drug-likeness (QED) is 0.700. The third-order valence-corrected chi connectivity index (χ3v) is 5.74. The lowest BCUT2D eigenvalue weighted by Gasteiger charge is -2.29. The Labute approximate surface area is 144 Å². The lowest BCUT2D eigenvalue weighted by molar-refractivity contribution is 0.189. The van der Waals surface area contributed by atoms with E-state index in [1.807, 2.05) is 23.5 Å². The standard InChI is InChI=1S/C17H20N4O2S/c1-3-15-18-11-6-4-7-12(16(11)24-15)21(2)10-14-19-17(20-23-14)13-8-5-9-22-13/h5,8-9,12H,3-4,6-7,10H2,1-2H3. The molecular formula is C17H20N4O2S. The zero-order chi connectivity index (χ0) is 16.5. The summed E-state index contributed by atoms with van der Waals surface area (Å²) in [6.07, 6.45) is 6.03. The molecule has 3 aromatic rings. The second-order valence-corrected chi connectivity index (χ2v) is 7.20. The molecule has 0 N–H and O–H groups in total. The van der Waals surface area contributed by atoms with Crippen LogP contribution in [0.4, 0.5) is 0 Å². The summed E-state index contributed by atoms with van der Waals surface area (Å²) in [6, 6.07) is 4.02. The smallest absolute Gasteiger partial charge is 0.241 e. The van der Waals surface area contributed by atoms with Crippen molar-refractivity contribution in [1.82, 2.24) is 20.0 Å². The van der Waals surface area contributed by atoms with Gasteiger partial charge in [0.2, 0.25) is 11.7 Å². The highest BCUT2D eigenvalue weighted by Crippen LogP contribution is 2.38. The molecule has 0 spiro atoms. The third-order valence-electron chi connectivity index (χ3n) is 4.39. The largest absolute Gasteiger partial charge is 0.461 e. The molecule has 0 radical (unpaired) electrons. The number of aryl methyl sites for hydroxylation is 2. The topological polar surface area (TPSA) is 68.2 Å². The fraction of sp³-hybridized carbons (Fsp3) is 0.471. The van der Waals surface area contributed by atoms with Gasteiger partial charge < -0.3 is 8.94 Å². The van der Waals surface area contributed by atoms with Gasteiger partial charge in [-0.25, -0.2) is 4.98 Å². The zero-order valence-corrected chi connectivity index (χ0v) is 14.7. The fourth-order valence-electron chi connectivity index (χ4n) is 3.17. The fourth-order valence-corrected chi connectivity index (χ4v) is 4.42. The molecule has 126 valence electrons. The van der Waals surface area contributed by atoms with Crippen molar-refractivity contribution in [3.8, 4) is 11.6 Å². The number of fused-ring (bicyclic) bond motifs is 1. The normalized spacial score (nSPS) is 17.4. The van der Waals surface area contributed by atoms with E-state index in [9.17, 15) is 0 Å². The first kappa shape index (κ1) is 15.5. The van der Waals surface area contributed by atoms with Gasteiger partial charge in [0, 0.05) is 10.9 Å². The van der Waals surface area contributed by atoms with Crippen molar-refractivity contribution in [1.29, 1.82) is 0 Å². The van der Waals surface area contributed by atoms with Crippen LogP contribution >= 0.6 is 11.3 Å². The van der Waals surface area contributed by atoms with Gasteiger partial charge in [-0.3, -0.25) is 4.90 Å². The molecule has 0 fully saturated rings. The number of furan rings is 1. The Morgan fingerprint density at radius 1 is 1.38 bits per heavy atom. The molecule has 1 aliphatic rings. The Balaban J connectivity index is 1.51. The average molecular weight is 344 g/mol. The van der Waals surface area contributed by atoms with E-state index in [4.69, 9.17) is 13.9 Å². The highest BCUT2D eigenvalue weighted by Gasteiger charge is 2.28. The van der Waals surface area contributed by atoms with E-state index in [1.165, 1.54) is 22.0 Å². The van der Waals surface area contributed by atoms with Crippen LogP contribution in [-0.4, -0.2) is 27.1 Å². The van der Waals surface area contributed by atoms with Gasteiger partial charge in [0.25, 0.3) is 0 Å². The van der Waals surface area contributed by atoms with Crippen LogP contribution in [0.5, 0.6) is 0 Å². The van der Waals surface area contributed by atoms with Crippen molar-refractivity contribution >= 4 is 11.3 Å². The van der Waals surface area contributed by atoms with Crippen molar-refractivity contribution < 1.29 is 8.94 Å². The first-order valence-electron chi connectivity index (χ1n) is 8.29. The third kappa shape index (κ3) is 2.89. The number of hydrogen-bond donors (Lipinski definition) is 0. The van der Waals surface area contributed by atoms with E-state index >= 15 is 0 Å². The highest BCUT2D eigenvalue weighted by atomic mass is 32.1. The minimum absolute atomic E-state index is 0.380. The molecule has 0 saturated heterocycles. The molecule has 6 nitrogen and oxygen atoms in total. The first-order chi connectivity index (χ1) is 11.7. The van der Waals surface area contributed by atoms with Gasteiger partial charge >= 0.3 is 0 Å². The summed E-state index contributed by atoms with van der Waals surface area (Å²) in [5.41, 5.74) is 1.28. The second-order valence-electron chi connectivity index (χ2n) is 6.08. The summed E-state index contributed by atoms with van der Waals surface area (Å²) in [7, 11) is 2.11. The van der Waals surface area contributed by atoms with E-state index in [1.54, 1.807) is 6.26 Å². The van der Waals surface area contributed by atoms with Gasteiger partial charge in [-0.1, -0.05) is 12.1 Å². The van der Waals surface area contributed by atoms with Crippen LogP contribution in [0, 0.1) is 0 Å². The van der Waals surface area contributed by atoms with Crippen LogP contribution < -0.4 is 0 Å². The van der Waals surface area contributed by atoms with Crippen LogP contribution in [0.2, 0.25) is 0 Å². The molecule has 1 aliphatic carbocycles. The Kier molecular flexibility index (Phi) is 4.20. The molecule has 0 aromatic carbocycles. The summed E-state index contributed by atoms with van der Waals surface area (Å²) in [5, 5.41) is 5.24. The van der Waals surface area contributed by atoms with Crippen LogP contribution in [0.1, 0.15) is 47.3 Å². The molecule has 0 amide bonds. The summed E-state index contributed by atoms with van der Waals surface area (Å²) in [5.74, 6) is 1.73. The predicted octanol–water partition coefficient (Wildman–Crippen LogP) is 3.86. The molecule has 1 unspecified atom stereocenters. The van der Waals surface area contributed by atoms with Crippen LogP contribution in [0.25, 0.3) is 11.6 Å². The first-order valence-corrected chi connectivity index (χ1v) is 9.11. The Morgan fingerprint density at radius 2 is 2.29 bits per heavy atom. The maximum Gasteiger partial charge on any atom is 0.241 e. The number of nitrogens with zero attached hydrogens (tertiary/aromatic N) is 4. The average Bonchev–Trinajstić information content (AvgIpc) is 3.33. The maximum atomic E-state index is 5.39. The highest BCUT2D eigenvalue weighted by molar-refractivity contribution is 7.11. The molecule has 7 heteroatoms. The second kappa shape index (κ2) is 6.49. The predicted molar refractivity (Wildman–Crippen MR) is 90.6 cm³/mol. The zero-order valence-electron chi connectivity index (χ0n) is 13.9. The van der Waals surface area contributed by atoms with E-state index in [0.717, 1.165) is 19.3 Å². The monoisotopic (exact) mass is 344 g/mol. The molecule has 24 heavy (non-hydrogen) atoms. The summed E-state index contributed by atoms with van der Waals surface area (Å²) in [6.45, 7) is 2.79. The van der Waals surface area contributed by atoms with Crippen molar-refractivity contribution in [2.24, 2.45) is 0 Å². The van der Waals surface area contributed by atoms with Gasteiger partial charge in [0.05, 0.1) is 23.5 Å². The van der Waals surface area contributed by atoms with Crippen molar-refractivity contribution in [2.75, 3.05) is 7.05 Å². The summed E-state index contributed by atoms with van der Waals surface area (Å²) in [4.78, 5) is 12.9. The van der Waals surface area contributed by atoms with Crippen LogP contribution in [-0.2, 0) is 19.4 Å². The Hall–Kier alpha value is -1.99. The number of hydrogen-bond acceptors (Lipinski definition) is 7. The SMILES string of the molecule is CCc1nc2c(s1)C(N(C)Cc1nc(-c3ccco3)no1)CCC2. The number of thiazole rings is 1. The molecular weight excluding hydrogens is 324 g/mol. The van der Waals surface area contributed by atoms with Gasteiger partial charge in [0.15, 0.2) is 5.76 Å². The number of aromatic nitrogens is 3. The Bertz CT molecular complexity index is 809. The van der Waals surface area contributed by atoms with Gasteiger partial charge in [-0.15, -0.1) is 11.3 Å². The minimum atomic E-state index is 0.380.